The van der Waals surface area contributed by atoms with Gasteiger partial charge in [-0.05, 0) is 41.8 Å². The van der Waals surface area contributed by atoms with E-state index in [-0.39, 0.29) is 0 Å². The predicted molar refractivity (Wildman–Crippen MR) is 131 cm³/mol. The molecule has 0 unspecified atom stereocenters. The molecule has 2 aromatic heterocycles. The monoisotopic (exact) mass is 457 g/mol. The molecule has 1 fully saturated rings. The molecule has 0 bridgehead atoms. The van der Waals surface area contributed by atoms with Crippen molar-refractivity contribution in [1.82, 2.24) is 14.6 Å². The first-order valence-electron chi connectivity index (χ1n) is 10.9. The van der Waals surface area contributed by atoms with Crippen molar-refractivity contribution in [3.05, 3.63) is 59.6 Å². The van der Waals surface area contributed by atoms with E-state index in [1.807, 2.05) is 16.6 Å². The van der Waals surface area contributed by atoms with Crippen molar-refractivity contribution in [3.63, 3.8) is 0 Å². The third-order valence-corrected chi connectivity index (χ3v) is 7.18. The summed E-state index contributed by atoms with van der Waals surface area (Å²) in [5.41, 5.74) is 3.76. The highest BCUT2D eigenvalue weighted by Crippen LogP contribution is 2.46. The lowest BCUT2D eigenvalue weighted by Gasteiger charge is -2.14. The van der Waals surface area contributed by atoms with Crippen molar-refractivity contribution in [1.29, 1.82) is 0 Å². The maximum absolute atomic E-state index is 5.61. The summed E-state index contributed by atoms with van der Waals surface area (Å²) in [6.45, 7) is 0. The highest BCUT2D eigenvalue weighted by molar-refractivity contribution is 7.16. The first kappa shape index (κ1) is 20.1. The summed E-state index contributed by atoms with van der Waals surface area (Å²) in [6.07, 6.45) is 2.42. The molecule has 33 heavy (non-hydrogen) atoms. The third-order valence-electron chi connectivity index (χ3n) is 6.11. The van der Waals surface area contributed by atoms with Gasteiger partial charge in [0.1, 0.15) is 16.4 Å². The highest BCUT2D eigenvalue weighted by Gasteiger charge is 2.30. The quantitative estimate of drug-likeness (QED) is 0.305. The minimum Gasteiger partial charge on any atom is -0.493 e. The van der Waals surface area contributed by atoms with Crippen molar-refractivity contribution in [2.24, 2.45) is 0 Å². The van der Waals surface area contributed by atoms with Crippen LogP contribution in [0.3, 0.4) is 0 Å². The maximum Gasteiger partial charge on any atom is 0.213 e. The zero-order chi connectivity index (χ0) is 22.5. The normalized spacial score (nSPS) is 13.5. The number of nitrogens with zero attached hydrogens (tertiary/aromatic N) is 3. The van der Waals surface area contributed by atoms with Gasteiger partial charge >= 0.3 is 0 Å². The fourth-order valence-electron chi connectivity index (χ4n) is 4.27. The third kappa shape index (κ3) is 3.31. The number of fused-ring (bicyclic) bond motifs is 2. The molecule has 1 aliphatic carbocycles. The second-order valence-corrected chi connectivity index (χ2v) is 9.18. The lowest BCUT2D eigenvalue weighted by atomic mass is 10.0. The molecule has 7 heteroatoms. The van der Waals surface area contributed by atoms with Crippen LogP contribution in [0.1, 0.15) is 23.8 Å². The van der Waals surface area contributed by atoms with Crippen LogP contribution in [0.5, 0.6) is 17.2 Å². The number of hydrogen-bond donors (Lipinski definition) is 0. The molecule has 166 valence electrons. The van der Waals surface area contributed by atoms with Crippen LogP contribution in [0.4, 0.5) is 0 Å². The average Bonchev–Trinajstić information content (AvgIpc) is 3.53. The zero-order valence-electron chi connectivity index (χ0n) is 18.7. The van der Waals surface area contributed by atoms with Crippen molar-refractivity contribution in [2.75, 3.05) is 21.3 Å². The minimum absolute atomic E-state index is 0.561. The van der Waals surface area contributed by atoms with Gasteiger partial charge in [0.25, 0.3) is 0 Å². The van der Waals surface area contributed by atoms with Crippen LogP contribution < -0.4 is 14.2 Å². The molecule has 0 N–H and O–H groups in total. The van der Waals surface area contributed by atoms with E-state index in [4.69, 9.17) is 24.3 Å². The Balaban J connectivity index is 1.61. The van der Waals surface area contributed by atoms with Crippen LogP contribution in [0.25, 0.3) is 38.2 Å². The summed E-state index contributed by atoms with van der Waals surface area (Å²) < 4.78 is 18.7. The van der Waals surface area contributed by atoms with Crippen molar-refractivity contribution in [2.45, 2.75) is 18.8 Å². The number of rotatable bonds is 6. The Morgan fingerprint density at radius 3 is 2.24 bits per heavy atom. The SMILES string of the molecule is COc1cc(-c2nc3sc(C4CC4)nn3c2-c2ccc3ccccc3c2)cc(OC)c1OC. The van der Waals surface area contributed by atoms with Crippen LogP contribution in [-0.4, -0.2) is 35.9 Å². The summed E-state index contributed by atoms with van der Waals surface area (Å²) in [6, 6.07) is 18.8. The van der Waals surface area contributed by atoms with E-state index >= 15 is 0 Å². The van der Waals surface area contributed by atoms with Crippen LogP contribution in [-0.2, 0) is 0 Å². The molecule has 0 atom stereocenters. The Bertz CT molecular complexity index is 1470. The van der Waals surface area contributed by atoms with E-state index in [0.717, 1.165) is 32.5 Å². The van der Waals surface area contributed by atoms with Gasteiger partial charge in [-0.15, -0.1) is 0 Å². The molecule has 0 amide bonds. The Morgan fingerprint density at radius 1 is 0.848 bits per heavy atom. The first-order chi connectivity index (χ1) is 16.2. The van der Waals surface area contributed by atoms with Gasteiger partial charge in [0.15, 0.2) is 11.5 Å². The van der Waals surface area contributed by atoms with Crippen molar-refractivity contribution in [3.8, 4) is 39.8 Å². The molecule has 2 heterocycles. The molecule has 0 aliphatic heterocycles. The lowest BCUT2D eigenvalue weighted by Crippen LogP contribution is -1.97. The van der Waals surface area contributed by atoms with Crippen LogP contribution in [0.15, 0.2) is 54.6 Å². The van der Waals surface area contributed by atoms with E-state index in [1.165, 1.54) is 23.6 Å². The number of imidazole rings is 1. The lowest BCUT2D eigenvalue weighted by molar-refractivity contribution is 0.324. The predicted octanol–water partition coefficient (Wildman–Crippen LogP) is 6.18. The number of benzene rings is 3. The van der Waals surface area contributed by atoms with Gasteiger partial charge in [0.2, 0.25) is 10.7 Å². The summed E-state index contributed by atoms with van der Waals surface area (Å²) in [5, 5.41) is 8.53. The van der Waals surface area contributed by atoms with Gasteiger partial charge in [-0.1, -0.05) is 47.7 Å². The molecular formula is C26H23N3O3S. The van der Waals surface area contributed by atoms with Crippen LogP contribution in [0, 0.1) is 0 Å². The summed E-state index contributed by atoms with van der Waals surface area (Å²) in [7, 11) is 4.86. The molecule has 1 aliphatic rings. The smallest absolute Gasteiger partial charge is 0.213 e. The number of methoxy groups -OCH3 is 3. The molecule has 0 saturated heterocycles. The number of aromatic nitrogens is 3. The van der Waals surface area contributed by atoms with Gasteiger partial charge in [0, 0.05) is 17.0 Å². The molecule has 6 rings (SSSR count). The second kappa shape index (κ2) is 7.78. The van der Waals surface area contributed by atoms with E-state index in [2.05, 4.69) is 42.5 Å². The van der Waals surface area contributed by atoms with E-state index < -0.39 is 0 Å². The largest absolute Gasteiger partial charge is 0.493 e. The van der Waals surface area contributed by atoms with Crippen molar-refractivity contribution >= 4 is 27.1 Å². The maximum atomic E-state index is 5.61. The molecule has 3 aromatic carbocycles. The van der Waals surface area contributed by atoms with Gasteiger partial charge in [-0.2, -0.15) is 5.10 Å². The molecular weight excluding hydrogens is 434 g/mol. The Hall–Kier alpha value is -3.58. The van der Waals surface area contributed by atoms with E-state index in [9.17, 15) is 0 Å². The van der Waals surface area contributed by atoms with Gasteiger partial charge in [-0.3, -0.25) is 0 Å². The molecule has 0 spiro atoms. The second-order valence-electron chi connectivity index (χ2n) is 8.19. The Labute approximate surface area is 195 Å². The van der Waals surface area contributed by atoms with Crippen molar-refractivity contribution < 1.29 is 14.2 Å². The standard InChI is InChI=1S/C26H23N3O3S/c1-30-20-13-19(14-21(31-2)24(20)32-3)22-23(18-11-8-15-6-4-5-7-17(15)12-18)29-26(27-22)33-25(28-29)16-9-10-16/h4-8,11-14,16H,9-10H2,1-3H3. The summed E-state index contributed by atoms with van der Waals surface area (Å²) in [5.74, 6) is 2.33. The molecule has 5 aromatic rings. The number of hydrogen-bond acceptors (Lipinski definition) is 6. The van der Waals surface area contributed by atoms with Crippen LogP contribution >= 0.6 is 11.3 Å². The number of ether oxygens (including phenoxy) is 3. The molecule has 6 nitrogen and oxygen atoms in total. The van der Waals surface area contributed by atoms with Gasteiger partial charge in [-0.25, -0.2) is 9.50 Å². The minimum atomic E-state index is 0.561. The van der Waals surface area contributed by atoms with Crippen LogP contribution in [0.2, 0.25) is 0 Å². The van der Waals surface area contributed by atoms with E-state index in [0.29, 0.717) is 23.2 Å². The van der Waals surface area contributed by atoms with Gasteiger partial charge in [0.05, 0.1) is 21.3 Å². The fraction of sp³-hybridized carbons (Fsp3) is 0.231. The van der Waals surface area contributed by atoms with E-state index in [1.54, 1.807) is 32.7 Å². The molecule has 1 saturated carbocycles. The average molecular weight is 458 g/mol. The zero-order valence-corrected chi connectivity index (χ0v) is 19.5. The summed E-state index contributed by atoms with van der Waals surface area (Å²) >= 11 is 1.68. The molecule has 0 radical (unpaired) electrons. The van der Waals surface area contributed by atoms with Gasteiger partial charge < -0.3 is 14.2 Å². The fourth-order valence-corrected chi connectivity index (χ4v) is 5.34. The Kier molecular flexibility index (Phi) is 4.73. The first-order valence-corrected chi connectivity index (χ1v) is 11.7. The highest BCUT2D eigenvalue weighted by atomic mass is 32.1. The summed E-state index contributed by atoms with van der Waals surface area (Å²) in [4.78, 5) is 5.94. The topological polar surface area (TPSA) is 57.9 Å². The Morgan fingerprint density at radius 2 is 1.58 bits per heavy atom.